The van der Waals surface area contributed by atoms with Gasteiger partial charge >= 0.3 is 0 Å². The predicted molar refractivity (Wildman–Crippen MR) is 126 cm³/mol. The number of carbonyl (C=O) groups excluding carboxylic acids is 1. The summed E-state index contributed by atoms with van der Waals surface area (Å²) in [7, 11) is -2.16. The van der Waals surface area contributed by atoms with Crippen LogP contribution in [0.4, 0.5) is 10.1 Å². The molecule has 3 heterocycles. The zero-order valence-electron chi connectivity index (χ0n) is 17.4. The standard InChI is InChI=1S/C24H18FN3O3S2/c1-28-14-17-9-15(5-6-21(17)24(28)29)22-7-8-23(32-22)16-10-19(13-26-12-16)27-33(30,31)20-4-2-3-18(25)11-20/h2-13,27H,14H2,1H3. The first-order chi connectivity index (χ1) is 15.8. The Bertz CT molecular complexity index is 1500. The Morgan fingerprint density at radius 1 is 1.00 bits per heavy atom. The molecule has 1 aliphatic rings. The monoisotopic (exact) mass is 479 g/mol. The Hall–Kier alpha value is -3.56. The molecule has 0 saturated heterocycles. The average Bonchev–Trinajstić information content (AvgIpc) is 3.39. The summed E-state index contributed by atoms with van der Waals surface area (Å²) in [6, 6.07) is 16.3. The minimum Gasteiger partial charge on any atom is -0.337 e. The van der Waals surface area contributed by atoms with Crippen LogP contribution >= 0.6 is 11.3 Å². The summed E-state index contributed by atoms with van der Waals surface area (Å²) < 4.78 is 41.1. The number of fused-ring (bicyclic) bond motifs is 1. The van der Waals surface area contributed by atoms with Crippen LogP contribution in [0.1, 0.15) is 15.9 Å². The van der Waals surface area contributed by atoms with Gasteiger partial charge in [-0.25, -0.2) is 12.8 Å². The molecule has 33 heavy (non-hydrogen) atoms. The number of anilines is 1. The van der Waals surface area contributed by atoms with Crippen molar-refractivity contribution in [1.82, 2.24) is 9.88 Å². The van der Waals surface area contributed by atoms with E-state index in [4.69, 9.17) is 0 Å². The highest BCUT2D eigenvalue weighted by Crippen LogP contribution is 2.36. The fraction of sp³-hybridized carbons (Fsp3) is 0.0833. The second-order valence-electron chi connectivity index (χ2n) is 7.72. The van der Waals surface area contributed by atoms with Gasteiger partial charge in [0.1, 0.15) is 5.82 Å². The predicted octanol–water partition coefficient (Wildman–Crippen LogP) is 5.00. The van der Waals surface area contributed by atoms with E-state index in [0.717, 1.165) is 38.1 Å². The number of hydrogen-bond acceptors (Lipinski definition) is 5. The summed E-state index contributed by atoms with van der Waals surface area (Å²) in [6.45, 7) is 0.595. The van der Waals surface area contributed by atoms with Crippen LogP contribution in [0.2, 0.25) is 0 Å². The quantitative estimate of drug-likeness (QED) is 0.437. The third-order valence-corrected chi connectivity index (χ3v) is 7.92. The fourth-order valence-corrected chi connectivity index (χ4v) is 5.79. The van der Waals surface area contributed by atoms with Gasteiger partial charge in [0.15, 0.2) is 0 Å². The van der Waals surface area contributed by atoms with E-state index in [9.17, 15) is 17.6 Å². The lowest BCUT2D eigenvalue weighted by atomic mass is 10.1. The van der Waals surface area contributed by atoms with E-state index in [2.05, 4.69) is 9.71 Å². The van der Waals surface area contributed by atoms with Crippen LogP contribution in [0, 0.1) is 5.82 Å². The molecular formula is C24H18FN3O3S2. The molecule has 1 N–H and O–H groups in total. The van der Waals surface area contributed by atoms with Crippen molar-refractivity contribution in [3.63, 3.8) is 0 Å². The van der Waals surface area contributed by atoms with E-state index in [0.29, 0.717) is 6.54 Å². The van der Waals surface area contributed by atoms with E-state index >= 15 is 0 Å². The fourth-order valence-electron chi connectivity index (χ4n) is 3.75. The first-order valence-electron chi connectivity index (χ1n) is 10.0. The molecule has 0 bridgehead atoms. The lowest BCUT2D eigenvalue weighted by molar-refractivity contribution is 0.0816. The van der Waals surface area contributed by atoms with E-state index in [1.54, 1.807) is 35.5 Å². The number of nitrogens with zero attached hydrogens (tertiary/aromatic N) is 2. The molecular weight excluding hydrogens is 461 g/mol. The number of thiophene rings is 1. The van der Waals surface area contributed by atoms with Gasteiger partial charge < -0.3 is 4.90 Å². The molecule has 0 unspecified atom stereocenters. The van der Waals surface area contributed by atoms with Crippen molar-refractivity contribution in [3.05, 3.63) is 90.0 Å². The van der Waals surface area contributed by atoms with Gasteiger partial charge in [-0.2, -0.15) is 0 Å². The van der Waals surface area contributed by atoms with E-state index in [1.807, 2.05) is 30.3 Å². The van der Waals surface area contributed by atoms with Crippen LogP contribution in [0.3, 0.4) is 0 Å². The summed E-state index contributed by atoms with van der Waals surface area (Å²) in [5, 5.41) is 0. The lowest BCUT2D eigenvalue weighted by Gasteiger charge is -2.09. The SMILES string of the molecule is CN1Cc2cc(-c3ccc(-c4cncc(NS(=O)(=O)c5cccc(F)c5)c4)s3)ccc2C1=O. The van der Waals surface area contributed by atoms with Gasteiger partial charge in [0.05, 0.1) is 16.8 Å². The summed E-state index contributed by atoms with van der Waals surface area (Å²) in [5.41, 5.74) is 3.79. The molecule has 2 aromatic heterocycles. The van der Waals surface area contributed by atoms with E-state index in [-0.39, 0.29) is 16.5 Å². The molecule has 0 fully saturated rings. The minimum atomic E-state index is -3.95. The molecule has 2 aromatic carbocycles. The molecule has 1 aliphatic heterocycles. The topological polar surface area (TPSA) is 79.4 Å². The molecule has 166 valence electrons. The lowest BCUT2D eigenvalue weighted by Crippen LogP contribution is -2.17. The van der Waals surface area contributed by atoms with Crippen molar-refractivity contribution >= 4 is 33.0 Å². The molecule has 5 rings (SSSR count). The maximum Gasteiger partial charge on any atom is 0.262 e. The average molecular weight is 480 g/mol. The van der Waals surface area contributed by atoms with Gasteiger partial charge in [0, 0.05) is 40.7 Å². The molecule has 0 atom stereocenters. The highest BCUT2D eigenvalue weighted by atomic mass is 32.2. The highest BCUT2D eigenvalue weighted by Gasteiger charge is 2.24. The number of benzene rings is 2. The largest absolute Gasteiger partial charge is 0.337 e. The molecule has 0 saturated carbocycles. The number of halogens is 1. The van der Waals surface area contributed by atoms with Crippen molar-refractivity contribution in [2.75, 3.05) is 11.8 Å². The molecule has 0 spiro atoms. The second-order valence-corrected chi connectivity index (χ2v) is 10.5. The Morgan fingerprint density at radius 3 is 2.58 bits per heavy atom. The summed E-state index contributed by atoms with van der Waals surface area (Å²) in [5.74, 6) is -0.592. The van der Waals surface area contributed by atoms with Crippen molar-refractivity contribution in [3.8, 4) is 20.9 Å². The maximum absolute atomic E-state index is 13.5. The molecule has 0 aliphatic carbocycles. The maximum atomic E-state index is 13.5. The van der Waals surface area contributed by atoms with Crippen molar-refractivity contribution in [2.24, 2.45) is 0 Å². The van der Waals surface area contributed by atoms with Gasteiger partial charge in [-0.1, -0.05) is 12.1 Å². The van der Waals surface area contributed by atoms with Gasteiger partial charge in [-0.3, -0.25) is 14.5 Å². The third-order valence-electron chi connectivity index (χ3n) is 5.36. The summed E-state index contributed by atoms with van der Waals surface area (Å²) in [6.07, 6.45) is 3.06. The number of sulfonamides is 1. The normalized spacial score (nSPS) is 13.3. The molecule has 1 amide bonds. The van der Waals surface area contributed by atoms with E-state index < -0.39 is 15.8 Å². The molecule has 4 aromatic rings. The minimum absolute atomic E-state index is 0.0343. The second kappa shape index (κ2) is 8.09. The summed E-state index contributed by atoms with van der Waals surface area (Å²) >= 11 is 1.55. The number of nitrogens with one attached hydrogen (secondary N) is 1. The van der Waals surface area contributed by atoms with Crippen molar-refractivity contribution < 1.29 is 17.6 Å². The number of aromatic nitrogens is 1. The van der Waals surface area contributed by atoms with Crippen LogP contribution in [0.15, 0.2) is 78.0 Å². The third kappa shape index (κ3) is 4.12. The highest BCUT2D eigenvalue weighted by molar-refractivity contribution is 7.92. The number of amides is 1. The number of rotatable bonds is 5. The smallest absolute Gasteiger partial charge is 0.262 e. The Balaban J connectivity index is 1.41. The van der Waals surface area contributed by atoms with Gasteiger partial charge in [0.2, 0.25) is 0 Å². The first-order valence-corrected chi connectivity index (χ1v) is 12.3. The number of hydrogen-bond donors (Lipinski definition) is 1. The van der Waals surface area contributed by atoms with Crippen LogP contribution in [-0.4, -0.2) is 31.3 Å². The van der Waals surface area contributed by atoms with Crippen LogP contribution in [-0.2, 0) is 16.6 Å². The van der Waals surface area contributed by atoms with Crippen molar-refractivity contribution in [2.45, 2.75) is 11.4 Å². The van der Waals surface area contributed by atoms with Crippen LogP contribution in [0.5, 0.6) is 0 Å². The van der Waals surface area contributed by atoms with Crippen molar-refractivity contribution in [1.29, 1.82) is 0 Å². The molecule has 0 radical (unpaired) electrons. The Morgan fingerprint density at radius 2 is 1.79 bits per heavy atom. The van der Waals surface area contributed by atoms with Crippen LogP contribution < -0.4 is 4.72 Å². The molecule has 6 nitrogen and oxygen atoms in total. The first kappa shape index (κ1) is 21.3. The zero-order valence-corrected chi connectivity index (χ0v) is 19.1. The number of carbonyl (C=O) groups is 1. The van der Waals surface area contributed by atoms with E-state index in [1.165, 1.54) is 24.4 Å². The Labute approximate surface area is 194 Å². The number of pyridine rings is 1. The Kier molecular flexibility index (Phi) is 5.22. The van der Waals surface area contributed by atoms with Crippen LogP contribution in [0.25, 0.3) is 20.9 Å². The van der Waals surface area contributed by atoms with Gasteiger partial charge in [-0.05, 0) is 59.7 Å². The zero-order chi connectivity index (χ0) is 23.2. The molecule has 9 heteroatoms. The van der Waals surface area contributed by atoms with Gasteiger partial charge in [-0.15, -0.1) is 11.3 Å². The van der Waals surface area contributed by atoms with Gasteiger partial charge in [0.25, 0.3) is 15.9 Å². The summed E-state index contributed by atoms with van der Waals surface area (Å²) in [4.78, 5) is 19.8.